The van der Waals surface area contributed by atoms with E-state index >= 15 is 0 Å². The van der Waals surface area contributed by atoms with Crippen LogP contribution < -0.4 is 5.32 Å². The first-order valence-electron chi connectivity index (χ1n) is 14.6. The molecular weight excluding hydrogens is 398 g/mol. The van der Waals surface area contributed by atoms with E-state index in [0.717, 1.165) is 21.5 Å². The number of hydrogen-bond acceptors (Lipinski definition) is 1. The molecule has 156 valence electrons. The third-order valence-corrected chi connectivity index (χ3v) is 5.62. The molecule has 6 rings (SSSR count). The van der Waals surface area contributed by atoms with E-state index < -0.39 is 0 Å². The molecule has 0 aliphatic heterocycles. The minimum absolute atomic E-state index is 0.146. The Balaban J connectivity index is 1.51. The fraction of sp³-hybridized carbons (Fsp3) is 0. The van der Waals surface area contributed by atoms with Crippen LogP contribution in [0.15, 0.2) is 133 Å². The van der Waals surface area contributed by atoms with Gasteiger partial charge in [0, 0.05) is 11.4 Å². The maximum absolute atomic E-state index is 8.77. The van der Waals surface area contributed by atoms with Crippen LogP contribution in [0.3, 0.4) is 0 Å². The third-order valence-electron chi connectivity index (χ3n) is 5.62. The summed E-state index contributed by atoms with van der Waals surface area (Å²) in [6.45, 7) is 0. The minimum atomic E-state index is -0.371. The minimum Gasteiger partial charge on any atom is -0.356 e. The fourth-order valence-corrected chi connectivity index (χ4v) is 4.03. The third kappa shape index (κ3) is 3.75. The van der Waals surface area contributed by atoms with E-state index in [-0.39, 0.29) is 70.8 Å². The Bertz CT molecular complexity index is 1810. The van der Waals surface area contributed by atoms with Gasteiger partial charge in [-0.3, -0.25) is 0 Å². The van der Waals surface area contributed by atoms with Gasteiger partial charge in [0.1, 0.15) is 0 Å². The topological polar surface area (TPSA) is 12.0 Å². The molecular formula is C32H23N. The Morgan fingerprint density at radius 1 is 0.424 bits per heavy atom. The summed E-state index contributed by atoms with van der Waals surface area (Å²) in [6.07, 6.45) is 0. The van der Waals surface area contributed by atoms with Gasteiger partial charge < -0.3 is 5.32 Å². The number of fused-ring (bicyclic) bond motifs is 2. The molecule has 0 heterocycles. The molecule has 1 heteroatoms. The highest BCUT2D eigenvalue weighted by atomic mass is 14.9. The highest BCUT2D eigenvalue weighted by Crippen LogP contribution is 2.32. The van der Waals surface area contributed by atoms with E-state index in [4.69, 9.17) is 11.0 Å². The molecule has 1 N–H and O–H groups in total. The van der Waals surface area contributed by atoms with E-state index in [1.54, 1.807) is 24.3 Å². The fourth-order valence-electron chi connectivity index (χ4n) is 4.03. The smallest absolute Gasteiger partial charge is 0.0645 e. The molecule has 0 aromatic heterocycles. The standard InChI is InChI=1S/C32H23N/c1-3-11-29-23(7-1)9-5-13-31(29)25-15-19-27(20-16-25)33-28-21-17-26(18-22-28)32-14-6-10-24-8-2-4-12-30(24)32/h1-22,33H/i15D,16D,17D,18D,19D,20D,21D,22D. The van der Waals surface area contributed by atoms with Gasteiger partial charge in [0.2, 0.25) is 0 Å². The van der Waals surface area contributed by atoms with Crippen LogP contribution >= 0.6 is 0 Å². The van der Waals surface area contributed by atoms with Crippen LogP contribution in [0, 0.1) is 0 Å². The second-order valence-corrected chi connectivity index (χ2v) is 7.68. The molecule has 0 saturated heterocycles. The number of rotatable bonds is 4. The van der Waals surface area contributed by atoms with Crippen LogP contribution in [-0.2, 0) is 0 Å². The van der Waals surface area contributed by atoms with Gasteiger partial charge in [0.05, 0.1) is 11.0 Å². The average Bonchev–Trinajstić information content (AvgIpc) is 2.99. The highest BCUT2D eigenvalue weighted by Gasteiger charge is 2.05. The van der Waals surface area contributed by atoms with Crippen molar-refractivity contribution in [1.29, 1.82) is 0 Å². The summed E-state index contributed by atoms with van der Waals surface area (Å²) in [6, 6.07) is 23.4. The van der Waals surface area contributed by atoms with Gasteiger partial charge in [-0.2, -0.15) is 0 Å². The lowest BCUT2D eigenvalue weighted by Crippen LogP contribution is -1.90. The van der Waals surface area contributed by atoms with E-state index in [0.29, 0.717) is 11.1 Å². The van der Waals surface area contributed by atoms with Gasteiger partial charge in [-0.25, -0.2) is 0 Å². The van der Waals surface area contributed by atoms with Crippen LogP contribution in [0.2, 0.25) is 0 Å². The van der Waals surface area contributed by atoms with Crippen LogP contribution in [0.1, 0.15) is 11.0 Å². The SMILES string of the molecule is [2H]c1c([2H])c(-c2cccc3ccccc23)c([2H])c([2H])c1Nc1c([2H])c([2H])c(-c2cccc3ccccc23)c([2H])c1[2H]. The van der Waals surface area contributed by atoms with E-state index in [1.165, 1.54) is 0 Å². The molecule has 33 heavy (non-hydrogen) atoms. The average molecular weight is 430 g/mol. The van der Waals surface area contributed by atoms with Crippen molar-refractivity contribution in [2.75, 3.05) is 5.32 Å². The van der Waals surface area contributed by atoms with Crippen molar-refractivity contribution in [3.63, 3.8) is 0 Å². The summed E-state index contributed by atoms with van der Waals surface area (Å²) in [7, 11) is 0. The summed E-state index contributed by atoms with van der Waals surface area (Å²) in [4.78, 5) is 0. The molecule has 1 nitrogen and oxygen atoms in total. The molecule has 0 spiro atoms. The lowest BCUT2D eigenvalue weighted by Gasteiger charge is -2.11. The van der Waals surface area contributed by atoms with E-state index in [9.17, 15) is 0 Å². The summed E-state index contributed by atoms with van der Waals surface area (Å²) in [5.41, 5.74) is 0.984. The summed E-state index contributed by atoms with van der Waals surface area (Å²) >= 11 is 0. The zero-order chi connectivity index (χ0) is 29.0. The van der Waals surface area contributed by atoms with Crippen LogP contribution in [0.4, 0.5) is 11.4 Å². The summed E-state index contributed by atoms with van der Waals surface area (Å²) in [5, 5.41) is 6.13. The Hall–Kier alpha value is -4.36. The molecule has 0 amide bonds. The van der Waals surface area contributed by atoms with Crippen molar-refractivity contribution in [2.45, 2.75) is 0 Å². The Kier molecular flexibility index (Phi) is 3.17. The van der Waals surface area contributed by atoms with Crippen molar-refractivity contribution in [1.82, 2.24) is 0 Å². The molecule has 0 bridgehead atoms. The zero-order valence-electron chi connectivity index (χ0n) is 25.6. The Labute approximate surface area is 205 Å². The Morgan fingerprint density at radius 2 is 0.818 bits per heavy atom. The summed E-state index contributed by atoms with van der Waals surface area (Å²) < 4.78 is 70.0. The highest BCUT2D eigenvalue weighted by molar-refractivity contribution is 5.97. The molecule has 0 radical (unpaired) electrons. The van der Waals surface area contributed by atoms with Crippen LogP contribution in [-0.4, -0.2) is 0 Å². The lowest BCUT2D eigenvalue weighted by molar-refractivity contribution is 1.54. The monoisotopic (exact) mass is 429 g/mol. The van der Waals surface area contributed by atoms with Gasteiger partial charge in [-0.05, 0) is 68.0 Å². The predicted molar refractivity (Wildman–Crippen MR) is 142 cm³/mol. The number of nitrogens with one attached hydrogen (secondary N) is 1. The first-order valence-corrected chi connectivity index (χ1v) is 10.6. The molecule has 6 aromatic carbocycles. The molecule has 0 saturated carbocycles. The zero-order valence-corrected chi connectivity index (χ0v) is 17.6. The molecule has 0 aliphatic rings. The maximum Gasteiger partial charge on any atom is 0.0645 e. The van der Waals surface area contributed by atoms with Gasteiger partial charge in [-0.15, -0.1) is 0 Å². The van der Waals surface area contributed by atoms with Gasteiger partial charge in [0.15, 0.2) is 0 Å². The van der Waals surface area contributed by atoms with Crippen molar-refractivity contribution >= 4 is 32.9 Å². The summed E-state index contributed by atoms with van der Waals surface area (Å²) in [5.74, 6) is 0. The molecule has 0 atom stereocenters. The Morgan fingerprint density at radius 3 is 1.27 bits per heavy atom. The quantitative estimate of drug-likeness (QED) is 0.295. The van der Waals surface area contributed by atoms with E-state index in [1.807, 2.05) is 60.7 Å². The normalized spacial score (nSPS) is 14.4. The molecule has 6 aromatic rings. The maximum atomic E-state index is 8.77. The van der Waals surface area contributed by atoms with Crippen molar-refractivity contribution in [3.8, 4) is 22.3 Å². The first kappa shape index (κ1) is 12.6. The predicted octanol–water partition coefficient (Wildman–Crippen LogP) is 9.07. The largest absolute Gasteiger partial charge is 0.356 e. The van der Waals surface area contributed by atoms with Crippen LogP contribution in [0.25, 0.3) is 43.8 Å². The molecule has 0 fully saturated rings. The number of anilines is 2. The second-order valence-electron chi connectivity index (χ2n) is 7.68. The molecule has 0 unspecified atom stereocenters. The van der Waals surface area contributed by atoms with Crippen molar-refractivity contribution in [2.24, 2.45) is 0 Å². The lowest BCUT2D eigenvalue weighted by atomic mass is 9.98. The van der Waals surface area contributed by atoms with Gasteiger partial charge in [-0.1, -0.05) is 109 Å². The first-order chi connectivity index (χ1) is 19.7. The second kappa shape index (κ2) is 8.29. The van der Waals surface area contributed by atoms with Gasteiger partial charge in [0.25, 0.3) is 0 Å². The number of hydrogen-bond donors (Lipinski definition) is 1. The van der Waals surface area contributed by atoms with Crippen LogP contribution in [0.5, 0.6) is 0 Å². The van der Waals surface area contributed by atoms with E-state index in [2.05, 4.69) is 5.32 Å². The molecule has 0 aliphatic carbocycles. The van der Waals surface area contributed by atoms with Crippen molar-refractivity contribution < 1.29 is 11.0 Å². The van der Waals surface area contributed by atoms with Crippen molar-refractivity contribution in [3.05, 3.63) is 133 Å². The van der Waals surface area contributed by atoms with Gasteiger partial charge >= 0.3 is 0 Å². The number of benzene rings is 6.